The fraction of sp³-hybridized carbons (Fsp3) is 0.667. The Morgan fingerprint density at radius 1 is 1.24 bits per heavy atom. The summed E-state index contributed by atoms with van der Waals surface area (Å²) in [6.45, 7) is 6.89. The molecule has 1 aliphatic rings. The molecule has 0 saturated heterocycles. The van der Waals surface area contributed by atoms with Gasteiger partial charge in [-0.1, -0.05) is 55.3 Å². The van der Waals surface area contributed by atoms with Crippen molar-refractivity contribution in [3.8, 4) is 0 Å². The lowest BCUT2D eigenvalue weighted by atomic mass is 9.75. The van der Waals surface area contributed by atoms with Crippen molar-refractivity contribution in [1.29, 1.82) is 0 Å². The summed E-state index contributed by atoms with van der Waals surface area (Å²) in [5.74, 6) is 1.81. The molecule has 0 heterocycles. The quantitative estimate of drug-likeness (QED) is 0.611. The van der Waals surface area contributed by atoms with Crippen LogP contribution in [0.2, 0.25) is 0 Å². The molecule has 0 spiro atoms. The highest BCUT2D eigenvalue weighted by molar-refractivity contribution is 9.09. The summed E-state index contributed by atoms with van der Waals surface area (Å²) < 4.78 is 19.5. The first-order valence-electron chi connectivity index (χ1n) is 7.98. The molecule has 0 aromatic heterocycles. The highest BCUT2D eigenvalue weighted by Gasteiger charge is 2.33. The molecule has 4 unspecified atom stereocenters. The van der Waals surface area contributed by atoms with Gasteiger partial charge < -0.3 is 4.74 Å². The van der Waals surface area contributed by atoms with E-state index in [0.29, 0.717) is 17.9 Å². The largest absolute Gasteiger partial charge is 0.369 e. The molecular formula is C18H26BrFO. The SMILES string of the molecule is CC1CCC(C(C)C)C(OC(CBr)c2ccc(F)cc2)C1. The van der Waals surface area contributed by atoms with Crippen molar-refractivity contribution < 1.29 is 9.13 Å². The molecule has 2 rings (SSSR count). The van der Waals surface area contributed by atoms with Gasteiger partial charge in [-0.2, -0.15) is 0 Å². The summed E-state index contributed by atoms with van der Waals surface area (Å²) in [4.78, 5) is 0. The third-order valence-electron chi connectivity index (χ3n) is 4.68. The first-order valence-corrected chi connectivity index (χ1v) is 9.10. The zero-order valence-electron chi connectivity index (χ0n) is 13.2. The minimum Gasteiger partial charge on any atom is -0.369 e. The zero-order valence-corrected chi connectivity index (χ0v) is 14.8. The van der Waals surface area contributed by atoms with Crippen molar-refractivity contribution in [2.24, 2.45) is 17.8 Å². The van der Waals surface area contributed by atoms with Gasteiger partial charge in [-0.25, -0.2) is 4.39 Å². The fourth-order valence-corrected chi connectivity index (χ4v) is 3.89. The van der Waals surface area contributed by atoms with Crippen molar-refractivity contribution in [3.63, 3.8) is 0 Å². The number of alkyl halides is 1. The van der Waals surface area contributed by atoms with Crippen LogP contribution in [0.25, 0.3) is 0 Å². The number of ether oxygens (including phenoxy) is 1. The molecule has 0 bridgehead atoms. The lowest BCUT2D eigenvalue weighted by Crippen LogP contribution is -2.35. The molecule has 1 saturated carbocycles. The Labute approximate surface area is 136 Å². The van der Waals surface area contributed by atoms with Crippen molar-refractivity contribution in [2.45, 2.75) is 52.2 Å². The molecule has 0 radical (unpaired) electrons. The Balaban J connectivity index is 2.09. The van der Waals surface area contributed by atoms with Gasteiger partial charge in [0.25, 0.3) is 0 Å². The molecule has 1 aromatic rings. The van der Waals surface area contributed by atoms with E-state index in [0.717, 1.165) is 23.2 Å². The minimum absolute atomic E-state index is 0.00199. The Morgan fingerprint density at radius 2 is 1.90 bits per heavy atom. The van der Waals surface area contributed by atoms with Crippen LogP contribution < -0.4 is 0 Å². The van der Waals surface area contributed by atoms with E-state index in [9.17, 15) is 4.39 Å². The minimum atomic E-state index is -0.196. The van der Waals surface area contributed by atoms with Crippen LogP contribution in [0.1, 0.15) is 51.7 Å². The predicted octanol–water partition coefficient (Wildman–Crippen LogP) is 5.74. The van der Waals surface area contributed by atoms with Gasteiger partial charge in [0.2, 0.25) is 0 Å². The van der Waals surface area contributed by atoms with Crippen LogP contribution in [0.15, 0.2) is 24.3 Å². The molecule has 1 nitrogen and oxygen atoms in total. The van der Waals surface area contributed by atoms with Gasteiger partial charge in [-0.15, -0.1) is 0 Å². The van der Waals surface area contributed by atoms with E-state index in [-0.39, 0.29) is 11.9 Å². The molecule has 4 atom stereocenters. The van der Waals surface area contributed by atoms with Gasteiger partial charge in [-0.3, -0.25) is 0 Å². The molecule has 1 aliphatic carbocycles. The van der Waals surface area contributed by atoms with Crippen LogP contribution >= 0.6 is 15.9 Å². The summed E-state index contributed by atoms with van der Waals surface area (Å²) >= 11 is 3.55. The number of benzene rings is 1. The van der Waals surface area contributed by atoms with Crippen LogP contribution in [0.4, 0.5) is 4.39 Å². The first-order chi connectivity index (χ1) is 10.0. The summed E-state index contributed by atoms with van der Waals surface area (Å²) in [6.07, 6.45) is 4.00. The van der Waals surface area contributed by atoms with Crippen molar-refractivity contribution >= 4 is 15.9 Å². The van der Waals surface area contributed by atoms with Crippen LogP contribution in [0, 0.1) is 23.6 Å². The molecule has 118 valence electrons. The van der Waals surface area contributed by atoms with E-state index in [4.69, 9.17) is 4.74 Å². The lowest BCUT2D eigenvalue weighted by molar-refractivity contribution is -0.0732. The second-order valence-electron chi connectivity index (χ2n) is 6.70. The molecule has 3 heteroatoms. The average Bonchev–Trinajstić information content (AvgIpc) is 2.45. The third-order valence-corrected chi connectivity index (χ3v) is 5.27. The van der Waals surface area contributed by atoms with Crippen molar-refractivity contribution in [1.82, 2.24) is 0 Å². The number of halogens is 2. The standard InChI is InChI=1S/C18H26BrFO/c1-12(2)16-9-4-13(3)10-17(16)21-18(11-19)14-5-7-15(20)8-6-14/h5-8,12-13,16-18H,4,9-11H2,1-3H3. The van der Waals surface area contributed by atoms with Gasteiger partial charge in [0.1, 0.15) is 5.82 Å². The summed E-state index contributed by atoms with van der Waals surface area (Å²) in [5, 5.41) is 0.744. The summed E-state index contributed by atoms with van der Waals surface area (Å²) in [6, 6.07) is 6.69. The van der Waals surface area contributed by atoms with E-state index in [1.165, 1.54) is 25.0 Å². The van der Waals surface area contributed by atoms with Gasteiger partial charge >= 0.3 is 0 Å². The lowest BCUT2D eigenvalue weighted by Gasteiger charge is -2.39. The third kappa shape index (κ3) is 4.53. The van der Waals surface area contributed by atoms with Crippen LogP contribution in [-0.2, 0) is 4.74 Å². The van der Waals surface area contributed by atoms with Crippen LogP contribution in [-0.4, -0.2) is 11.4 Å². The van der Waals surface area contributed by atoms with Gasteiger partial charge in [0.15, 0.2) is 0 Å². The monoisotopic (exact) mass is 356 g/mol. The van der Waals surface area contributed by atoms with Crippen molar-refractivity contribution in [2.75, 3.05) is 5.33 Å². The maximum absolute atomic E-state index is 13.1. The van der Waals surface area contributed by atoms with E-state index < -0.39 is 0 Å². The Hall–Kier alpha value is -0.410. The van der Waals surface area contributed by atoms with Crippen molar-refractivity contribution in [3.05, 3.63) is 35.6 Å². The van der Waals surface area contributed by atoms with Gasteiger partial charge in [-0.05, 0) is 48.3 Å². The predicted molar refractivity (Wildman–Crippen MR) is 89.2 cm³/mol. The Bertz CT molecular complexity index is 431. The van der Waals surface area contributed by atoms with E-state index >= 15 is 0 Å². The molecule has 1 fully saturated rings. The summed E-state index contributed by atoms with van der Waals surface area (Å²) in [7, 11) is 0. The van der Waals surface area contributed by atoms with E-state index in [2.05, 4.69) is 36.7 Å². The second kappa shape index (κ2) is 7.73. The fourth-order valence-electron chi connectivity index (χ4n) is 3.36. The van der Waals surface area contributed by atoms with Crippen LogP contribution in [0.3, 0.4) is 0 Å². The topological polar surface area (TPSA) is 9.23 Å². The number of hydrogen-bond donors (Lipinski definition) is 0. The Kier molecular flexibility index (Phi) is 6.24. The smallest absolute Gasteiger partial charge is 0.123 e. The van der Waals surface area contributed by atoms with Gasteiger partial charge in [0.05, 0.1) is 12.2 Å². The highest BCUT2D eigenvalue weighted by atomic mass is 79.9. The Morgan fingerprint density at radius 3 is 2.48 bits per heavy atom. The average molecular weight is 357 g/mol. The second-order valence-corrected chi connectivity index (χ2v) is 7.34. The normalized spacial score (nSPS) is 27.8. The van der Waals surface area contributed by atoms with E-state index in [1.54, 1.807) is 0 Å². The molecule has 0 amide bonds. The van der Waals surface area contributed by atoms with Gasteiger partial charge in [0, 0.05) is 5.33 Å². The molecule has 0 N–H and O–H groups in total. The van der Waals surface area contributed by atoms with Crippen LogP contribution in [0.5, 0.6) is 0 Å². The highest BCUT2D eigenvalue weighted by Crippen LogP contribution is 2.38. The maximum Gasteiger partial charge on any atom is 0.123 e. The molecular weight excluding hydrogens is 331 g/mol. The van der Waals surface area contributed by atoms with E-state index in [1.807, 2.05) is 12.1 Å². The molecule has 1 aromatic carbocycles. The number of hydrogen-bond acceptors (Lipinski definition) is 1. The maximum atomic E-state index is 13.1. The number of rotatable bonds is 5. The summed E-state index contributed by atoms with van der Waals surface area (Å²) in [5.41, 5.74) is 1.05. The first kappa shape index (κ1) is 17.0. The zero-order chi connectivity index (χ0) is 15.4. The molecule has 0 aliphatic heterocycles. The molecule has 21 heavy (non-hydrogen) atoms.